The molecule has 0 radical (unpaired) electrons. The van der Waals surface area contributed by atoms with Crippen LogP contribution in [0.3, 0.4) is 0 Å². The second-order valence-electron chi connectivity index (χ2n) is 3.09. The van der Waals surface area contributed by atoms with Crippen molar-refractivity contribution in [2.24, 2.45) is 0 Å². The van der Waals surface area contributed by atoms with Gasteiger partial charge in [-0.2, -0.15) is 16.9 Å². The molecule has 0 aromatic carbocycles. The van der Waals surface area contributed by atoms with E-state index in [-0.39, 0.29) is 0 Å². The molecule has 2 rings (SSSR count). The van der Waals surface area contributed by atoms with Gasteiger partial charge in [0.05, 0.1) is 0 Å². The van der Waals surface area contributed by atoms with Gasteiger partial charge >= 0.3 is 5.97 Å². The normalized spacial score (nSPS) is 27.7. The van der Waals surface area contributed by atoms with E-state index >= 15 is 0 Å². The minimum atomic E-state index is -0.797. The highest BCUT2D eigenvalue weighted by atomic mass is 32.2. The van der Waals surface area contributed by atoms with E-state index in [0.29, 0.717) is 12.2 Å². The molecular weight excluding hydrogens is 188 g/mol. The Bertz CT molecular complexity index is 304. The Kier molecular flexibility index (Phi) is 2.03. The molecule has 13 heavy (non-hydrogen) atoms. The molecule has 70 valence electrons. The summed E-state index contributed by atoms with van der Waals surface area (Å²) in [7, 11) is 0. The van der Waals surface area contributed by atoms with E-state index in [1.807, 2.05) is 0 Å². The van der Waals surface area contributed by atoms with Gasteiger partial charge in [-0.25, -0.2) is 4.79 Å². The molecular formula is C8H10N2O2S. The van der Waals surface area contributed by atoms with Crippen molar-refractivity contribution in [1.82, 2.24) is 9.78 Å². The van der Waals surface area contributed by atoms with E-state index in [2.05, 4.69) is 5.10 Å². The fourth-order valence-electron chi connectivity index (χ4n) is 1.52. The summed E-state index contributed by atoms with van der Waals surface area (Å²) in [6, 6.07) is 1.76. The molecule has 0 aliphatic carbocycles. The Morgan fingerprint density at radius 3 is 3.00 bits per heavy atom. The predicted octanol–water partition coefficient (Wildman–Crippen LogP) is 0.800. The molecule has 2 heterocycles. The van der Waals surface area contributed by atoms with E-state index in [4.69, 9.17) is 5.11 Å². The predicted molar refractivity (Wildman–Crippen MR) is 49.8 cm³/mol. The zero-order valence-electron chi connectivity index (χ0n) is 7.01. The SMILES string of the molecule is O=C(O)C1(n2cccn2)CCSC1. The average molecular weight is 198 g/mol. The fraction of sp³-hybridized carbons (Fsp3) is 0.500. The van der Waals surface area contributed by atoms with Gasteiger partial charge in [-0.1, -0.05) is 0 Å². The maximum Gasteiger partial charge on any atom is 0.332 e. The molecule has 1 saturated heterocycles. The lowest BCUT2D eigenvalue weighted by Crippen LogP contribution is -2.42. The first-order valence-corrected chi connectivity index (χ1v) is 5.22. The van der Waals surface area contributed by atoms with Gasteiger partial charge in [-0.05, 0) is 18.2 Å². The van der Waals surface area contributed by atoms with Crippen molar-refractivity contribution in [2.75, 3.05) is 11.5 Å². The van der Waals surface area contributed by atoms with E-state index < -0.39 is 11.5 Å². The molecule has 0 amide bonds. The zero-order chi connectivity index (χ0) is 9.31. The van der Waals surface area contributed by atoms with Crippen molar-refractivity contribution in [1.29, 1.82) is 0 Å². The molecule has 1 aliphatic heterocycles. The number of rotatable bonds is 2. The molecule has 0 saturated carbocycles. The second kappa shape index (κ2) is 3.06. The molecule has 1 atom stereocenters. The van der Waals surface area contributed by atoms with Gasteiger partial charge in [0.25, 0.3) is 0 Å². The lowest BCUT2D eigenvalue weighted by Gasteiger charge is -2.23. The Labute approximate surface area is 79.9 Å². The van der Waals surface area contributed by atoms with Gasteiger partial charge in [0.15, 0.2) is 5.54 Å². The Balaban J connectivity index is 2.39. The van der Waals surface area contributed by atoms with Gasteiger partial charge in [0, 0.05) is 18.1 Å². The molecule has 1 unspecified atom stereocenters. The highest BCUT2D eigenvalue weighted by Gasteiger charge is 2.44. The van der Waals surface area contributed by atoms with Crippen LogP contribution >= 0.6 is 11.8 Å². The molecule has 1 aliphatic rings. The number of hydrogen-bond donors (Lipinski definition) is 1. The summed E-state index contributed by atoms with van der Waals surface area (Å²) in [5.41, 5.74) is -0.797. The van der Waals surface area contributed by atoms with Gasteiger partial charge in [0.1, 0.15) is 0 Å². The second-order valence-corrected chi connectivity index (χ2v) is 4.20. The van der Waals surface area contributed by atoms with Crippen molar-refractivity contribution in [2.45, 2.75) is 12.0 Å². The lowest BCUT2D eigenvalue weighted by atomic mass is 10.00. The van der Waals surface area contributed by atoms with Crippen molar-refractivity contribution in [3.8, 4) is 0 Å². The summed E-state index contributed by atoms with van der Waals surface area (Å²) in [6.45, 7) is 0. The van der Waals surface area contributed by atoms with Crippen LogP contribution in [-0.2, 0) is 10.3 Å². The molecule has 5 heteroatoms. The Hall–Kier alpha value is -0.970. The molecule has 1 N–H and O–H groups in total. The summed E-state index contributed by atoms with van der Waals surface area (Å²) in [5, 5.41) is 13.2. The van der Waals surface area contributed by atoms with Gasteiger partial charge in [-0.3, -0.25) is 4.68 Å². The number of carboxylic acids is 1. The van der Waals surface area contributed by atoms with E-state index in [1.54, 1.807) is 34.9 Å². The number of hydrogen-bond acceptors (Lipinski definition) is 3. The highest BCUT2D eigenvalue weighted by molar-refractivity contribution is 7.99. The van der Waals surface area contributed by atoms with Crippen LogP contribution < -0.4 is 0 Å². The molecule has 0 spiro atoms. The number of thioether (sulfide) groups is 1. The van der Waals surface area contributed by atoms with Crippen LogP contribution in [0.25, 0.3) is 0 Å². The third kappa shape index (κ3) is 1.23. The molecule has 1 aromatic heterocycles. The van der Waals surface area contributed by atoms with Crippen molar-refractivity contribution < 1.29 is 9.90 Å². The standard InChI is InChI=1S/C8H10N2O2S/c11-7(12)8(2-5-13-6-8)10-4-1-3-9-10/h1,3-4H,2,5-6H2,(H,11,12). The quantitative estimate of drug-likeness (QED) is 0.763. The largest absolute Gasteiger partial charge is 0.479 e. The summed E-state index contributed by atoms with van der Waals surface area (Å²) in [6.07, 6.45) is 4.00. The molecule has 4 nitrogen and oxygen atoms in total. The smallest absolute Gasteiger partial charge is 0.332 e. The Morgan fingerprint density at radius 1 is 1.69 bits per heavy atom. The van der Waals surface area contributed by atoms with Crippen LogP contribution in [0.1, 0.15) is 6.42 Å². The molecule has 1 aromatic rings. The van der Waals surface area contributed by atoms with Crippen LogP contribution in [0, 0.1) is 0 Å². The van der Waals surface area contributed by atoms with Crippen LogP contribution in [0.15, 0.2) is 18.5 Å². The van der Waals surface area contributed by atoms with Gasteiger partial charge in [0.2, 0.25) is 0 Å². The third-order valence-corrected chi connectivity index (χ3v) is 3.52. The van der Waals surface area contributed by atoms with Crippen LogP contribution in [0.2, 0.25) is 0 Å². The number of nitrogens with zero attached hydrogens (tertiary/aromatic N) is 2. The third-order valence-electron chi connectivity index (χ3n) is 2.34. The number of aromatic nitrogens is 2. The summed E-state index contributed by atoms with van der Waals surface area (Å²) >= 11 is 1.67. The minimum absolute atomic E-state index is 0.615. The van der Waals surface area contributed by atoms with E-state index in [1.165, 1.54) is 0 Å². The lowest BCUT2D eigenvalue weighted by molar-refractivity contribution is -0.146. The monoisotopic (exact) mass is 198 g/mol. The van der Waals surface area contributed by atoms with Crippen LogP contribution in [0.5, 0.6) is 0 Å². The minimum Gasteiger partial charge on any atom is -0.479 e. The maximum atomic E-state index is 11.1. The molecule has 0 bridgehead atoms. The zero-order valence-corrected chi connectivity index (χ0v) is 7.83. The first kappa shape index (κ1) is 8.62. The van der Waals surface area contributed by atoms with E-state index in [0.717, 1.165) is 5.75 Å². The Morgan fingerprint density at radius 2 is 2.54 bits per heavy atom. The van der Waals surface area contributed by atoms with Gasteiger partial charge < -0.3 is 5.11 Å². The number of aliphatic carboxylic acids is 1. The summed E-state index contributed by atoms with van der Waals surface area (Å²) < 4.78 is 1.56. The number of carbonyl (C=O) groups is 1. The molecule has 1 fully saturated rings. The highest BCUT2D eigenvalue weighted by Crippen LogP contribution is 2.34. The van der Waals surface area contributed by atoms with Gasteiger partial charge in [-0.15, -0.1) is 0 Å². The maximum absolute atomic E-state index is 11.1. The van der Waals surface area contributed by atoms with Crippen LogP contribution in [0.4, 0.5) is 0 Å². The van der Waals surface area contributed by atoms with Crippen molar-refractivity contribution in [3.63, 3.8) is 0 Å². The van der Waals surface area contributed by atoms with Crippen molar-refractivity contribution >= 4 is 17.7 Å². The topological polar surface area (TPSA) is 55.1 Å². The van der Waals surface area contributed by atoms with E-state index in [9.17, 15) is 4.79 Å². The number of carboxylic acid groups (broad SMARTS) is 1. The first-order chi connectivity index (χ1) is 6.26. The average Bonchev–Trinajstić information content (AvgIpc) is 2.75. The summed E-state index contributed by atoms with van der Waals surface area (Å²) in [5.74, 6) is 0.733. The summed E-state index contributed by atoms with van der Waals surface area (Å²) in [4.78, 5) is 11.1. The fourth-order valence-corrected chi connectivity index (χ4v) is 2.89. The van der Waals surface area contributed by atoms with Crippen molar-refractivity contribution in [3.05, 3.63) is 18.5 Å². The first-order valence-electron chi connectivity index (χ1n) is 4.07. The van der Waals surface area contributed by atoms with Crippen LogP contribution in [-0.4, -0.2) is 32.4 Å².